The van der Waals surface area contributed by atoms with Crippen LogP contribution in [0.25, 0.3) is 0 Å². The Bertz CT molecular complexity index is 798. The zero-order valence-electron chi connectivity index (χ0n) is 13.2. The van der Waals surface area contributed by atoms with Crippen LogP contribution in [-0.4, -0.2) is 36.8 Å². The fourth-order valence-electron chi connectivity index (χ4n) is 3.63. The standard InChI is InChI=1S/C17H20N4O2S/c22-24(23,14-7-4-9-18-11-14)21-10-8-16-15(12-21)17(20-19-16)13-5-2-1-3-6-13/h1-7,9,11,15-17,19-20H,8,10,12H2. The number of benzene rings is 1. The van der Waals surface area contributed by atoms with Gasteiger partial charge in [-0.1, -0.05) is 30.3 Å². The average molecular weight is 344 g/mol. The van der Waals surface area contributed by atoms with Gasteiger partial charge < -0.3 is 0 Å². The number of rotatable bonds is 3. The molecule has 2 saturated heterocycles. The molecule has 0 radical (unpaired) electrons. The van der Waals surface area contributed by atoms with E-state index in [4.69, 9.17) is 0 Å². The molecule has 2 N–H and O–H groups in total. The lowest BCUT2D eigenvalue weighted by molar-refractivity contribution is 0.235. The molecule has 24 heavy (non-hydrogen) atoms. The molecule has 126 valence electrons. The van der Waals surface area contributed by atoms with E-state index in [1.54, 1.807) is 22.6 Å². The van der Waals surface area contributed by atoms with Gasteiger partial charge in [0, 0.05) is 37.4 Å². The molecule has 3 heterocycles. The van der Waals surface area contributed by atoms with E-state index in [9.17, 15) is 8.42 Å². The van der Waals surface area contributed by atoms with Crippen LogP contribution in [-0.2, 0) is 10.0 Å². The topological polar surface area (TPSA) is 74.3 Å². The molecule has 0 saturated carbocycles. The highest BCUT2D eigenvalue weighted by atomic mass is 32.2. The second-order valence-electron chi connectivity index (χ2n) is 6.29. The lowest BCUT2D eigenvalue weighted by Gasteiger charge is -2.35. The molecule has 0 bridgehead atoms. The van der Waals surface area contributed by atoms with Crippen LogP contribution in [0.5, 0.6) is 0 Å². The summed E-state index contributed by atoms with van der Waals surface area (Å²) < 4.78 is 27.3. The summed E-state index contributed by atoms with van der Waals surface area (Å²) in [6, 6.07) is 13.8. The SMILES string of the molecule is O=S(=O)(c1cccnc1)N1CCC2NNC(c3ccccc3)C2C1. The Hall–Kier alpha value is -1.80. The first-order valence-corrected chi connectivity index (χ1v) is 9.56. The molecule has 0 spiro atoms. The zero-order valence-corrected chi connectivity index (χ0v) is 14.0. The maximum absolute atomic E-state index is 12.9. The van der Waals surface area contributed by atoms with Crippen molar-refractivity contribution in [3.05, 3.63) is 60.4 Å². The number of nitrogens with zero attached hydrogens (tertiary/aromatic N) is 2. The van der Waals surface area contributed by atoms with Gasteiger partial charge in [0.25, 0.3) is 0 Å². The Balaban J connectivity index is 1.59. The quantitative estimate of drug-likeness (QED) is 0.878. The van der Waals surface area contributed by atoms with E-state index in [0.717, 1.165) is 6.42 Å². The van der Waals surface area contributed by atoms with Gasteiger partial charge in [0.15, 0.2) is 0 Å². The van der Waals surface area contributed by atoms with Gasteiger partial charge in [-0.25, -0.2) is 13.8 Å². The first-order valence-electron chi connectivity index (χ1n) is 8.12. The molecular weight excluding hydrogens is 324 g/mol. The van der Waals surface area contributed by atoms with Crippen molar-refractivity contribution in [2.45, 2.75) is 23.4 Å². The van der Waals surface area contributed by atoms with Crippen LogP contribution in [0, 0.1) is 5.92 Å². The lowest BCUT2D eigenvalue weighted by Crippen LogP contribution is -2.47. The highest BCUT2D eigenvalue weighted by Gasteiger charge is 2.43. The summed E-state index contributed by atoms with van der Waals surface area (Å²) in [7, 11) is -3.49. The predicted molar refractivity (Wildman–Crippen MR) is 90.3 cm³/mol. The van der Waals surface area contributed by atoms with Gasteiger partial charge in [-0.2, -0.15) is 4.31 Å². The molecule has 1 aromatic carbocycles. The van der Waals surface area contributed by atoms with Crippen molar-refractivity contribution in [1.82, 2.24) is 20.1 Å². The fraction of sp³-hybridized carbons (Fsp3) is 0.353. The fourth-order valence-corrected chi connectivity index (χ4v) is 5.09. The van der Waals surface area contributed by atoms with E-state index in [2.05, 4.69) is 28.0 Å². The highest BCUT2D eigenvalue weighted by Crippen LogP contribution is 2.35. The number of aromatic nitrogens is 1. The lowest BCUT2D eigenvalue weighted by atomic mass is 9.86. The van der Waals surface area contributed by atoms with Gasteiger partial charge in [0.2, 0.25) is 10.0 Å². The number of nitrogens with one attached hydrogen (secondary N) is 2. The molecule has 6 nitrogen and oxygen atoms in total. The van der Waals surface area contributed by atoms with E-state index in [1.165, 1.54) is 11.8 Å². The Labute approximate surface area is 141 Å². The Kier molecular flexibility index (Phi) is 4.09. The van der Waals surface area contributed by atoms with Crippen LogP contribution >= 0.6 is 0 Å². The Morgan fingerprint density at radius 2 is 1.92 bits per heavy atom. The molecule has 1 aromatic heterocycles. The molecular formula is C17H20N4O2S. The smallest absolute Gasteiger partial charge is 0.244 e. The summed E-state index contributed by atoms with van der Waals surface area (Å²) in [5.74, 6) is 0.201. The Morgan fingerprint density at radius 1 is 1.08 bits per heavy atom. The molecule has 2 aromatic rings. The predicted octanol–water partition coefficient (Wildman–Crippen LogP) is 1.31. The molecule has 2 aliphatic heterocycles. The van der Waals surface area contributed by atoms with Crippen LogP contribution in [0.2, 0.25) is 0 Å². The summed E-state index contributed by atoms with van der Waals surface area (Å²) in [4.78, 5) is 4.21. The number of pyridine rings is 1. The molecule has 2 fully saturated rings. The first-order chi connectivity index (χ1) is 11.7. The van der Waals surface area contributed by atoms with Crippen molar-refractivity contribution in [3.8, 4) is 0 Å². The second-order valence-corrected chi connectivity index (χ2v) is 8.23. The van der Waals surface area contributed by atoms with Crippen LogP contribution in [0.3, 0.4) is 0 Å². The maximum Gasteiger partial charge on any atom is 0.244 e. The van der Waals surface area contributed by atoms with Crippen molar-refractivity contribution >= 4 is 10.0 Å². The monoisotopic (exact) mass is 344 g/mol. The minimum atomic E-state index is -3.49. The number of sulfonamides is 1. The summed E-state index contributed by atoms with van der Waals surface area (Å²) in [6.45, 7) is 1.02. The van der Waals surface area contributed by atoms with Gasteiger partial charge in [-0.3, -0.25) is 10.4 Å². The molecule has 3 unspecified atom stereocenters. The van der Waals surface area contributed by atoms with Gasteiger partial charge in [-0.05, 0) is 24.1 Å². The third-order valence-corrected chi connectivity index (χ3v) is 6.75. The van der Waals surface area contributed by atoms with Crippen molar-refractivity contribution < 1.29 is 8.42 Å². The van der Waals surface area contributed by atoms with Crippen molar-refractivity contribution in [1.29, 1.82) is 0 Å². The molecule has 3 atom stereocenters. The third kappa shape index (κ3) is 2.73. The van der Waals surface area contributed by atoms with E-state index >= 15 is 0 Å². The van der Waals surface area contributed by atoms with Gasteiger partial charge in [-0.15, -0.1) is 0 Å². The molecule has 7 heteroatoms. The van der Waals surface area contributed by atoms with Gasteiger partial charge in [0.1, 0.15) is 4.90 Å². The van der Waals surface area contributed by atoms with Crippen LogP contribution < -0.4 is 10.9 Å². The van der Waals surface area contributed by atoms with Gasteiger partial charge in [0.05, 0.1) is 6.04 Å². The first kappa shape index (κ1) is 15.7. The maximum atomic E-state index is 12.9. The highest BCUT2D eigenvalue weighted by molar-refractivity contribution is 7.89. The number of hydrogen-bond donors (Lipinski definition) is 2. The van der Waals surface area contributed by atoms with E-state index in [1.807, 2.05) is 18.2 Å². The summed E-state index contributed by atoms with van der Waals surface area (Å²) in [5.41, 5.74) is 7.86. The molecule has 2 aliphatic rings. The molecule has 0 aliphatic carbocycles. The van der Waals surface area contributed by atoms with E-state index in [-0.39, 0.29) is 22.9 Å². The number of fused-ring (bicyclic) bond motifs is 1. The van der Waals surface area contributed by atoms with Crippen molar-refractivity contribution in [2.75, 3.05) is 13.1 Å². The summed E-state index contributed by atoms with van der Waals surface area (Å²) in [5, 5.41) is 0. The van der Waals surface area contributed by atoms with E-state index < -0.39 is 10.0 Å². The molecule has 4 rings (SSSR count). The average Bonchev–Trinajstić information content (AvgIpc) is 3.06. The molecule has 0 amide bonds. The summed E-state index contributed by atoms with van der Waals surface area (Å²) >= 11 is 0. The summed E-state index contributed by atoms with van der Waals surface area (Å²) in [6.07, 6.45) is 3.79. The van der Waals surface area contributed by atoms with Gasteiger partial charge >= 0.3 is 0 Å². The zero-order chi connectivity index (χ0) is 16.6. The van der Waals surface area contributed by atoms with Crippen LogP contribution in [0.4, 0.5) is 0 Å². The van der Waals surface area contributed by atoms with Crippen molar-refractivity contribution in [2.24, 2.45) is 5.92 Å². The third-order valence-electron chi connectivity index (χ3n) is 4.90. The second kappa shape index (κ2) is 6.25. The largest absolute Gasteiger partial charge is 0.263 e. The normalized spacial score (nSPS) is 27.8. The Morgan fingerprint density at radius 3 is 2.67 bits per heavy atom. The number of piperidine rings is 1. The minimum Gasteiger partial charge on any atom is -0.263 e. The minimum absolute atomic E-state index is 0.114. The van der Waals surface area contributed by atoms with Crippen LogP contribution in [0.15, 0.2) is 59.8 Å². The number of hydrazine groups is 1. The van der Waals surface area contributed by atoms with E-state index in [0.29, 0.717) is 13.1 Å². The van der Waals surface area contributed by atoms with Crippen molar-refractivity contribution in [3.63, 3.8) is 0 Å². The van der Waals surface area contributed by atoms with Crippen LogP contribution in [0.1, 0.15) is 18.0 Å². The number of hydrogen-bond acceptors (Lipinski definition) is 5.